The van der Waals surface area contributed by atoms with Crippen LogP contribution >= 0.6 is 0 Å². The van der Waals surface area contributed by atoms with E-state index in [9.17, 15) is 14.4 Å². The minimum atomic E-state index is -0.860. The molecule has 9 heteroatoms. The number of methoxy groups -OCH3 is 2. The van der Waals surface area contributed by atoms with Crippen molar-refractivity contribution in [2.24, 2.45) is 17.8 Å². The Bertz CT molecular complexity index is 949. The largest absolute Gasteiger partial charge is 0.493 e. The summed E-state index contributed by atoms with van der Waals surface area (Å²) < 4.78 is 16.7. The third-order valence-corrected chi connectivity index (χ3v) is 7.24. The summed E-state index contributed by atoms with van der Waals surface area (Å²) in [4.78, 5) is 38.1. The minimum Gasteiger partial charge on any atom is -0.493 e. The Hall–Kier alpha value is -2.81. The number of rotatable bonds is 8. The summed E-state index contributed by atoms with van der Waals surface area (Å²) in [5.74, 6) is 1.68. The highest BCUT2D eigenvalue weighted by Gasteiger charge is 2.40. The molecule has 0 bridgehead atoms. The van der Waals surface area contributed by atoms with Crippen LogP contribution in [0.2, 0.25) is 0 Å². The monoisotopic (exact) mass is 473 g/mol. The van der Waals surface area contributed by atoms with Crippen LogP contribution in [0.1, 0.15) is 50.3 Å². The first-order valence-corrected chi connectivity index (χ1v) is 12.0. The van der Waals surface area contributed by atoms with Crippen molar-refractivity contribution in [2.45, 2.75) is 51.6 Å². The molecule has 4 rings (SSSR count). The molecule has 0 aromatic heterocycles. The topological polar surface area (TPSA) is 106 Å². The number of hydrogen-bond donors (Lipinski definition) is 2. The van der Waals surface area contributed by atoms with Gasteiger partial charge in [0, 0.05) is 19.1 Å². The molecule has 3 aliphatic rings. The lowest BCUT2D eigenvalue weighted by Crippen LogP contribution is -2.47. The lowest BCUT2D eigenvalue weighted by Gasteiger charge is -2.47. The molecule has 4 atom stereocenters. The summed E-state index contributed by atoms with van der Waals surface area (Å²) >= 11 is 0. The van der Waals surface area contributed by atoms with Crippen LogP contribution in [0.25, 0.3) is 0 Å². The number of piperidine rings is 1. The Balaban J connectivity index is 1.48. The Morgan fingerprint density at radius 2 is 1.88 bits per heavy atom. The Morgan fingerprint density at radius 1 is 1.15 bits per heavy atom. The van der Waals surface area contributed by atoms with E-state index in [2.05, 4.69) is 41.5 Å². The van der Waals surface area contributed by atoms with E-state index in [0.717, 1.165) is 43.9 Å². The molecule has 0 spiro atoms. The second-order valence-electron chi connectivity index (χ2n) is 9.95. The maximum absolute atomic E-state index is 12.5. The molecular weight excluding hydrogens is 438 g/mol. The predicted octanol–water partition coefficient (Wildman–Crippen LogP) is 2.43. The van der Waals surface area contributed by atoms with E-state index in [1.54, 1.807) is 14.2 Å². The van der Waals surface area contributed by atoms with Gasteiger partial charge in [0.25, 0.3) is 5.91 Å². The van der Waals surface area contributed by atoms with Crippen LogP contribution < -0.4 is 20.1 Å². The zero-order chi connectivity index (χ0) is 24.4. The summed E-state index contributed by atoms with van der Waals surface area (Å²) in [5, 5.41) is 4.59. The van der Waals surface area contributed by atoms with Crippen molar-refractivity contribution in [2.75, 3.05) is 33.9 Å². The molecule has 0 radical (unpaired) electrons. The summed E-state index contributed by atoms with van der Waals surface area (Å²) in [6, 6.07) is 2.98. The molecule has 9 nitrogen and oxygen atoms in total. The Morgan fingerprint density at radius 3 is 2.53 bits per heavy atom. The van der Waals surface area contributed by atoms with Gasteiger partial charge in [0.2, 0.25) is 0 Å². The van der Waals surface area contributed by atoms with Crippen LogP contribution in [0.15, 0.2) is 12.1 Å². The van der Waals surface area contributed by atoms with Gasteiger partial charge < -0.3 is 19.5 Å². The van der Waals surface area contributed by atoms with Crippen molar-refractivity contribution in [3.63, 3.8) is 0 Å². The standard InChI is InChI=1S/C25H35N3O6/c1-14(2)7-16-12-28-6-5-15-9-21(32-3)22(33-4)10-18(15)20(28)8-17(16)13-34-23(29)11-19-24(30)27-25(31)26-19/h9-10,14,16-17,19-20H,5-8,11-13H2,1-4H3,(H2,26,27,30,31)/t16-,17+,19?,20-/m1/s1. The molecule has 3 heterocycles. The summed E-state index contributed by atoms with van der Waals surface area (Å²) in [5.41, 5.74) is 2.54. The third kappa shape index (κ3) is 5.14. The molecule has 0 aliphatic carbocycles. The molecule has 34 heavy (non-hydrogen) atoms. The number of nitrogens with zero attached hydrogens (tertiary/aromatic N) is 1. The van der Waals surface area contributed by atoms with Gasteiger partial charge in [-0.2, -0.15) is 0 Å². The van der Waals surface area contributed by atoms with Crippen LogP contribution in [0, 0.1) is 17.8 Å². The highest BCUT2D eigenvalue weighted by Crippen LogP contribution is 2.45. The zero-order valence-corrected chi connectivity index (χ0v) is 20.4. The van der Waals surface area contributed by atoms with E-state index in [0.29, 0.717) is 18.4 Å². The van der Waals surface area contributed by atoms with Crippen LogP contribution in [-0.2, 0) is 20.7 Å². The van der Waals surface area contributed by atoms with Crippen LogP contribution in [0.4, 0.5) is 4.79 Å². The second-order valence-corrected chi connectivity index (χ2v) is 9.95. The fourth-order valence-electron chi connectivity index (χ4n) is 5.61. The van der Waals surface area contributed by atoms with E-state index in [1.165, 1.54) is 11.1 Å². The van der Waals surface area contributed by atoms with Crippen molar-refractivity contribution in [1.29, 1.82) is 0 Å². The number of carbonyl (C=O) groups is 3. The van der Waals surface area contributed by atoms with Gasteiger partial charge in [-0.3, -0.25) is 19.8 Å². The average Bonchev–Trinajstić information content (AvgIpc) is 3.12. The molecule has 1 unspecified atom stereocenters. The van der Waals surface area contributed by atoms with Gasteiger partial charge in [-0.1, -0.05) is 13.8 Å². The molecule has 0 saturated carbocycles. The molecule has 186 valence electrons. The molecule has 3 amide bonds. The SMILES string of the molecule is COc1cc2c(cc1OC)[C@H]1C[C@@H](COC(=O)CC3NC(=O)NC3=O)[C@H](CC(C)C)CN1CC2. The van der Waals surface area contributed by atoms with E-state index in [1.807, 2.05) is 0 Å². The quantitative estimate of drug-likeness (QED) is 0.441. The van der Waals surface area contributed by atoms with Gasteiger partial charge >= 0.3 is 12.0 Å². The molecule has 1 aromatic carbocycles. The molecule has 2 saturated heterocycles. The number of ether oxygens (including phenoxy) is 3. The van der Waals surface area contributed by atoms with E-state index in [-0.39, 0.29) is 18.4 Å². The lowest BCUT2D eigenvalue weighted by molar-refractivity contribution is -0.148. The highest BCUT2D eigenvalue weighted by atomic mass is 16.5. The van der Waals surface area contributed by atoms with Crippen LogP contribution in [0.3, 0.4) is 0 Å². The van der Waals surface area contributed by atoms with Gasteiger partial charge in [0.05, 0.1) is 27.2 Å². The molecule has 1 aromatic rings. The number of hydrogen-bond acceptors (Lipinski definition) is 7. The van der Waals surface area contributed by atoms with Crippen LogP contribution in [-0.4, -0.2) is 62.8 Å². The van der Waals surface area contributed by atoms with E-state index in [4.69, 9.17) is 14.2 Å². The highest BCUT2D eigenvalue weighted by molar-refractivity contribution is 6.05. The van der Waals surface area contributed by atoms with Gasteiger partial charge in [0.15, 0.2) is 11.5 Å². The number of nitrogens with one attached hydrogen (secondary N) is 2. The number of carbonyl (C=O) groups excluding carboxylic acids is 3. The number of urea groups is 1. The zero-order valence-electron chi connectivity index (χ0n) is 20.4. The molecule has 2 N–H and O–H groups in total. The van der Waals surface area contributed by atoms with Crippen LogP contribution in [0.5, 0.6) is 11.5 Å². The first-order chi connectivity index (χ1) is 16.3. The number of benzene rings is 1. The molecular formula is C25H35N3O6. The number of amides is 3. The second kappa shape index (κ2) is 10.2. The smallest absolute Gasteiger partial charge is 0.322 e. The lowest BCUT2D eigenvalue weighted by atomic mass is 9.74. The first-order valence-electron chi connectivity index (χ1n) is 12.0. The van der Waals surface area contributed by atoms with Gasteiger partial charge in [0.1, 0.15) is 6.04 Å². The maximum atomic E-state index is 12.5. The van der Waals surface area contributed by atoms with Crippen molar-refractivity contribution in [1.82, 2.24) is 15.5 Å². The van der Waals surface area contributed by atoms with Crippen molar-refractivity contribution >= 4 is 17.9 Å². The normalized spacial score (nSPS) is 26.4. The van der Waals surface area contributed by atoms with Crippen molar-refractivity contribution < 1.29 is 28.6 Å². The fraction of sp³-hybridized carbons (Fsp3) is 0.640. The van der Waals surface area contributed by atoms with E-state index >= 15 is 0 Å². The predicted molar refractivity (Wildman–Crippen MR) is 125 cm³/mol. The first kappa shape index (κ1) is 24.3. The fourth-order valence-corrected chi connectivity index (χ4v) is 5.61. The summed E-state index contributed by atoms with van der Waals surface area (Å²) in [7, 11) is 3.31. The average molecular weight is 474 g/mol. The Labute approximate surface area is 200 Å². The number of imide groups is 1. The number of esters is 1. The van der Waals surface area contributed by atoms with Crippen molar-refractivity contribution in [3.05, 3.63) is 23.3 Å². The van der Waals surface area contributed by atoms with E-state index < -0.39 is 23.9 Å². The molecule has 2 fully saturated rings. The minimum absolute atomic E-state index is 0.158. The van der Waals surface area contributed by atoms with Gasteiger partial charge in [-0.05, 0) is 60.3 Å². The van der Waals surface area contributed by atoms with Gasteiger partial charge in [-0.25, -0.2) is 4.79 Å². The summed E-state index contributed by atoms with van der Waals surface area (Å²) in [6.45, 7) is 6.70. The molecule has 3 aliphatic heterocycles. The van der Waals surface area contributed by atoms with Gasteiger partial charge in [-0.15, -0.1) is 0 Å². The third-order valence-electron chi connectivity index (χ3n) is 7.24. The summed E-state index contributed by atoms with van der Waals surface area (Å²) in [6.07, 6.45) is 2.75. The van der Waals surface area contributed by atoms with Crippen molar-refractivity contribution in [3.8, 4) is 11.5 Å². The Kier molecular flexibility index (Phi) is 7.30. The number of fused-ring (bicyclic) bond motifs is 3. The maximum Gasteiger partial charge on any atom is 0.322 e.